The normalized spacial score (nSPS) is 20.0. The van der Waals surface area contributed by atoms with E-state index in [2.05, 4.69) is 32.4 Å². The standard InChI is InChI=1S/C21H37N5S.HI/c1-3-19-15-24-20(27-19)9-12-23-21(22-2)25-18-10-13-26(14-11-18)16-17-7-5-4-6-8-17;/h15,17-18H,3-14,16H2,1-2H3,(H2,22,23,25);1H. The zero-order valence-corrected chi connectivity index (χ0v) is 20.7. The number of likely N-dealkylation sites (tertiary alicyclic amines) is 1. The smallest absolute Gasteiger partial charge is 0.191 e. The molecule has 0 spiro atoms. The number of nitrogens with zero attached hydrogens (tertiary/aromatic N) is 3. The third-order valence-electron chi connectivity index (χ3n) is 5.97. The number of aromatic nitrogens is 1. The predicted molar refractivity (Wildman–Crippen MR) is 131 cm³/mol. The Morgan fingerprint density at radius 1 is 1.21 bits per heavy atom. The number of rotatable bonds is 7. The summed E-state index contributed by atoms with van der Waals surface area (Å²) in [5, 5.41) is 8.30. The number of guanidine groups is 1. The van der Waals surface area contributed by atoms with Gasteiger partial charge in [-0.05, 0) is 38.0 Å². The molecule has 28 heavy (non-hydrogen) atoms. The Labute approximate surface area is 192 Å². The molecule has 2 fully saturated rings. The van der Waals surface area contributed by atoms with Crippen LogP contribution in [0.4, 0.5) is 0 Å². The van der Waals surface area contributed by atoms with Gasteiger partial charge in [-0.1, -0.05) is 26.2 Å². The molecule has 2 aliphatic rings. The lowest BCUT2D eigenvalue weighted by Crippen LogP contribution is -2.49. The zero-order chi connectivity index (χ0) is 18.9. The van der Waals surface area contributed by atoms with Crippen molar-refractivity contribution in [1.82, 2.24) is 20.5 Å². The average molecular weight is 520 g/mol. The summed E-state index contributed by atoms with van der Waals surface area (Å²) in [5.41, 5.74) is 0. The minimum absolute atomic E-state index is 0. The van der Waals surface area contributed by atoms with Gasteiger partial charge in [0, 0.05) is 56.8 Å². The summed E-state index contributed by atoms with van der Waals surface area (Å²) in [7, 11) is 1.87. The first kappa shape index (κ1) is 23.9. The first-order valence-corrected chi connectivity index (χ1v) is 11.7. The number of thiazole rings is 1. The molecule has 0 amide bonds. The largest absolute Gasteiger partial charge is 0.356 e. The van der Waals surface area contributed by atoms with Crippen molar-refractivity contribution in [1.29, 1.82) is 0 Å². The van der Waals surface area contributed by atoms with Crippen molar-refractivity contribution in [2.24, 2.45) is 10.9 Å². The lowest BCUT2D eigenvalue weighted by atomic mass is 9.88. The van der Waals surface area contributed by atoms with Crippen LogP contribution in [0, 0.1) is 5.92 Å². The fourth-order valence-electron chi connectivity index (χ4n) is 4.30. The van der Waals surface area contributed by atoms with Gasteiger partial charge in [-0.3, -0.25) is 4.99 Å². The monoisotopic (exact) mass is 519 g/mol. The SMILES string of the molecule is CCc1cnc(CCNC(=NC)NC2CCN(CC3CCCCC3)CC2)s1.I. The second-order valence-electron chi connectivity index (χ2n) is 8.05. The highest BCUT2D eigenvalue weighted by Gasteiger charge is 2.23. The molecular formula is C21H38IN5S. The molecule has 2 N–H and O–H groups in total. The molecule has 1 aliphatic heterocycles. The van der Waals surface area contributed by atoms with Crippen LogP contribution in [0.5, 0.6) is 0 Å². The summed E-state index contributed by atoms with van der Waals surface area (Å²) in [6.07, 6.45) is 13.8. The summed E-state index contributed by atoms with van der Waals surface area (Å²) in [5.74, 6) is 1.89. The van der Waals surface area contributed by atoms with Gasteiger partial charge in [0.1, 0.15) is 0 Å². The molecule has 3 rings (SSSR count). The molecule has 0 unspecified atom stereocenters. The average Bonchev–Trinajstić information content (AvgIpc) is 3.17. The van der Waals surface area contributed by atoms with Gasteiger partial charge in [-0.15, -0.1) is 35.3 Å². The van der Waals surface area contributed by atoms with Crippen LogP contribution in [-0.4, -0.2) is 55.1 Å². The maximum atomic E-state index is 4.49. The van der Waals surface area contributed by atoms with Gasteiger partial charge in [0.15, 0.2) is 5.96 Å². The number of hydrogen-bond acceptors (Lipinski definition) is 4. The second kappa shape index (κ2) is 13.0. The third-order valence-corrected chi connectivity index (χ3v) is 7.18. The second-order valence-corrected chi connectivity index (χ2v) is 9.25. The highest BCUT2D eigenvalue weighted by atomic mass is 127. The van der Waals surface area contributed by atoms with Crippen molar-refractivity contribution < 1.29 is 0 Å². The van der Waals surface area contributed by atoms with E-state index in [4.69, 9.17) is 0 Å². The van der Waals surface area contributed by atoms with Gasteiger partial charge in [0.2, 0.25) is 0 Å². The van der Waals surface area contributed by atoms with Crippen LogP contribution in [0.25, 0.3) is 0 Å². The zero-order valence-electron chi connectivity index (χ0n) is 17.6. The third kappa shape index (κ3) is 7.78. The van der Waals surface area contributed by atoms with E-state index < -0.39 is 0 Å². The Bertz CT molecular complexity index is 577. The molecule has 0 radical (unpaired) electrons. The lowest BCUT2D eigenvalue weighted by Gasteiger charge is -2.36. The highest BCUT2D eigenvalue weighted by Crippen LogP contribution is 2.25. The van der Waals surface area contributed by atoms with Crippen LogP contribution in [0.1, 0.15) is 61.8 Å². The number of piperidine rings is 1. The van der Waals surface area contributed by atoms with E-state index in [1.807, 2.05) is 24.6 Å². The minimum Gasteiger partial charge on any atom is -0.356 e. The number of hydrogen-bond donors (Lipinski definition) is 2. The van der Waals surface area contributed by atoms with Crippen LogP contribution in [-0.2, 0) is 12.8 Å². The van der Waals surface area contributed by atoms with E-state index in [0.29, 0.717) is 6.04 Å². The maximum Gasteiger partial charge on any atom is 0.191 e. The van der Waals surface area contributed by atoms with E-state index in [1.54, 1.807) is 0 Å². The van der Waals surface area contributed by atoms with E-state index in [0.717, 1.165) is 31.3 Å². The van der Waals surface area contributed by atoms with Gasteiger partial charge in [-0.2, -0.15) is 0 Å². The topological polar surface area (TPSA) is 52.6 Å². The van der Waals surface area contributed by atoms with Crippen LogP contribution < -0.4 is 10.6 Å². The van der Waals surface area contributed by atoms with E-state index in [1.165, 1.54) is 74.5 Å². The van der Waals surface area contributed by atoms with E-state index >= 15 is 0 Å². The van der Waals surface area contributed by atoms with Crippen molar-refractivity contribution in [3.63, 3.8) is 0 Å². The number of aryl methyl sites for hydroxylation is 1. The Morgan fingerprint density at radius 3 is 2.61 bits per heavy atom. The summed E-state index contributed by atoms with van der Waals surface area (Å²) in [6.45, 7) is 6.85. The molecule has 1 aliphatic carbocycles. The molecule has 5 nitrogen and oxygen atoms in total. The molecular weight excluding hydrogens is 481 g/mol. The minimum atomic E-state index is 0. The number of aliphatic imine (C=N–C) groups is 1. The van der Waals surface area contributed by atoms with Crippen LogP contribution in [0.15, 0.2) is 11.2 Å². The first-order chi connectivity index (χ1) is 13.3. The summed E-state index contributed by atoms with van der Waals surface area (Å²) < 4.78 is 0. The maximum absolute atomic E-state index is 4.49. The van der Waals surface area contributed by atoms with Crippen LogP contribution >= 0.6 is 35.3 Å². The molecule has 0 aromatic carbocycles. The molecule has 160 valence electrons. The van der Waals surface area contributed by atoms with E-state index in [9.17, 15) is 0 Å². The lowest BCUT2D eigenvalue weighted by molar-refractivity contribution is 0.160. The summed E-state index contributed by atoms with van der Waals surface area (Å²) in [6, 6.07) is 0.547. The fraction of sp³-hybridized carbons (Fsp3) is 0.810. The first-order valence-electron chi connectivity index (χ1n) is 10.9. The Morgan fingerprint density at radius 2 is 1.96 bits per heavy atom. The molecule has 1 saturated carbocycles. The number of halogens is 1. The highest BCUT2D eigenvalue weighted by molar-refractivity contribution is 14.0. The molecule has 1 saturated heterocycles. The van der Waals surface area contributed by atoms with Gasteiger partial charge in [0.25, 0.3) is 0 Å². The Kier molecular flexibility index (Phi) is 11.1. The van der Waals surface area contributed by atoms with Crippen molar-refractivity contribution in [2.75, 3.05) is 33.2 Å². The van der Waals surface area contributed by atoms with E-state index in [-0.39, 0.29) is 24.0 Å². The number of nitrogens with one attached hydrogen (secondary N) is 2. The van der Waals surface area contributed by atoms with Gasteiger partial charge < -0.3 is 15.5 Å². The molecule has 7 heteroatoms. The molecule has 1 aromatic rings. The molecule has 1 aromatic heterocycles. The summed E-state index contributed by atoms with van der Waals surface area (Å²) in [4.78, 5) is 13.0. The molecule has 0 bridgehead atoms. The van der Waals surface area contributed by atoms with Crippen molar-refractivity contribution in [3.05, 3.63) is 16.1 Å². The predicted octanol–water partition coefficient (Wildman–Crippen LogP) is 4.08. The summed E-state index contributed by atoms with van der Waals surface area (Å²) >= 11 is 1.83. The Balaban J connectivity index is 0.00000280. The molecule has 0 atom stereocenters. The van der Waals surface area contributed by atoms with Crippen molar-refractivity contribution in [3.8, 4) is 0 Å². The van der Waals surface area contributed by atoms with Crippen LogP contribution in [0.2, 0.25) is 0 Å². The quantitative estimate of drug-likeness (QED) is 0.324. The fourth-order valence-corrected chi connectivity index (χ4v) is 5.16. The van der Waals surface area contributed by atoms with Gasteiger partial charge >= 0.3 is 0 Å². The van der Waals surface area contributed by atoms with Gasteiger partial charge in [-0.25, -0.2) is 4.98 Å². The van der Waals surface area contributed by atoms with Crippen LogP contribution in [0.3, 0.4) is 0 Å². The Hall–Kier alpha value is -0.410. The molecule has 2 heterocycles. The van der Waals surface area contributed by atoms with Crippen molar-refractivity contribution in [2.45, 2.75) is 70.8 Å². The van der Waals surface area contributed by atoms with Crippen molar-refractivity contribution >= 4 is 41.3 Å². The van der Waals surface area contributed by atoms with Gasteiger partial charge in [0.05, 0.1) is 5.01 Å².